The molecular weight excluding hydrogens is 357 g/mol. The summed E-state index contributed by atoms with van der Waals surface area (Å²) in [5.41, 5.74) is 1.56. The molecule has 3 rings (SSSR count). The number of hydrogen-bond acceptors (Lipinski definition) is 6. The largest absolute Gasteiger partial charge is 0.502 e. The highest BCUT2D eigenvalue weighted by molar-refractivity contribution is 5.81. The smallest absolute Gasteiger partial charge is 0.311 e. The molecule has 0 aliphatic heterocycles. The monoisotopic (exact) mass is 373 g/mol. The van der Waals surface area contributed by atoms with Gasteiger partial charge in [0.15, 0.2) is 17.2 Å². The van der Waals surface area contributed by atoms with Gasteiger partial charge in [-0.1, -0.05) is 0 Å². The molecule has 0 atom stereocenters. The van der Waals surface area contributed by atoms with Gasteiger partial charge in [0, 0.05) is 24.2 Å². The highest BCUT2D eigenvalue weighted by atomic mass is 19.1. The lowest BCUT2D eigenvalue weighted by Crippen LogP contribution is -1.97. The Balaban J connectivity index is 2.23. The molecule has 3 aromatic rings. The molecule has 8 nitrogen and oxygen atoms in total. The molecule has 0 saturated carbocycles. The van der Waals surface area contributed by atoms with Crippen molar-refractivity contribution in [1.82, 2.24) is 9.55 Å². The van der Waals surface area contributed by atoms with E-state index in [2.05, 4.69) is 4.98 Å². The predicted molar refractivity (Wildman–Crippen MR) is 95.5 cm³/mol. The standard InChI is InChI=1S/C18H16FN3O5/c1-21-9-20-17(11-7-14(26-2)16(19)15(8-11)27-3)18(21)10-4-5-13(23)12(6-10)22(24)25/h4-9,23H,1-3H3. The molecule has 0 aliphatic rings. The summed E-state index contributed by atoms with van der Waals surface area (Å²) in [5.74, 6) is -1.10. The molecule has 0 radical (unpaired) electrons. The summed E-state index contributed by atoms with van der Waals surface area (Å²) >= 11 is 0. The molecule has 0 fully saturated rings. The summed E-state index contributed by atoms with van der Waals surface area (Å²) in [7, 11) is 4.40. The molecule has 27 heavy (non-hydrogen) atoms. The van der Waals surface area contributed by atoms with E-state index >= 15 is 0 Å². The third-order valence-corrected chi connectivity index (χ3v) is 4.10. The number of aromatic hydroxyl groups is 1. The first-order chi connectivity index (χ1) is 12.9. The molecule has 1 aromatic heterocycles. The summed E-state index contributed by atoms with van der Waals surface area (Å²) in [4.78, 5) is 14.8. The fraction of sp³-hybridized carbons (Fsp3) is 0.167. The van der Waals surface area contributed by atoms with Crippen LogP contribution in [0.4, 0.5) is 10.1 Å². The number of phenols is 1. The van der Waals surface area contributed by atoms with Gasteiger partial charge in [0.05, 0.1) is 36.9 Å². The zero-order valence-corrected chi connectivity index (χ0v) is 14.8. The van der Waals surface area contributed by atoms with Crippen molar-refractivity contribution >= 4 is 5.69 Å². The maximum absolute atomic E-state index is 14.2. The molecule has 0 amide bonds. The predicted octanol–water partition coefficient (Wildman–Crippen LogP) is 3.52. The van der Waals surface area contributed by atoms with E-state index in [9.17, 15) is 19.6 Å². The van der Waals surface area contributed by atoms with Gasteiger partial charge in [-0.05, 0) is 24.3 Å². The number of methoxy groups -OCH3 is 2. The van der Waals surface area contributed by atoms with Crippen LogP contribution in [-0.2, 0) is 7.05 Å². The van der Waals surface area contributed by atoms with Gasteiger partial charge < -0.3 is 19.1 Å². The Bertz CT molecular complexity index is 1010. The van der Waals surface area contributed by atoms with Crippen LogP contribution in [0.15, 0.2) is 36.7 Å². The number of ether oxygens (including phenoxy) is 2. The third-order valence-electron chi connectivity index (χ3n) is 4.10. The zero-order chi connectivity index (χ0) is 19.7. The van der Waals surface area contributed by atoms with Crippen LogP contribution < -0.4 is 9.47 Å². The van der Waals surface area contributed by atoms with Crippen molar-refractivity contribution in [1.29, 1.82) is 0 Å². The highest BCUT2D eigenvalue weighted by Crippen LogP contribution is 2.39. The number of halogens is 1. The van der Waals surface area contributed by atoms with Gasteiger partial charge in [0.2, 0.25) is 5.82 Å². The Morgan fingerprint density at radius 3 is 2.33 bits per heavy atom. The lowest BCUT2D eigenvalue weighted by molar-refractivity contribution is -0.385. The Morgan fingerprint density at radius 1 is 1.15 bits per heavy atom. The summed E-state index contributed by atoms with van der Waals surface area (Å²) in [5, 5.41) is 20.8. The first-order valence-electron chi connectivity index (χ1n) is 7.78. The molecule has 0 saturated heterocycles. The van der Waals surface area contributed by atoms with E-state index in [1.807, 2.05) is 0 Å². The summed E-state index contributed by atoms with van der Waals surface area (Å²) in [6.07, 6.45) is 1.53. The first kappa shape index (κ1) is 18.2. The average Bonchev–Trinajstić information content (AvgIpc) is 3.03. The second-order valence-electron chi connectivity index (χ2n) is 5.71. The molecule has 0 spiro atoms. The fourth-order valence-electron chi connectivity index (χ4n) is 2.80. The first-order valence-corrected chi connectivity index (χ1v) is 7.78. The van der Waals surface area contributed by atoms with E-state index in [1.54, 1.807) is 17.7 Å². The van der Waals surface area contributed by atoms with Crippen molar-refractivity contribution < 1.29 is 23.9 Å². The Morgan fingerprint density at radius 2 is 1.78 bits per heavy atom. The molecule has 0 unspecified atom stereocenters. The number of nitrogens with zero attached hydrogens (tertiary/aromatic N) is 3. The van der Waals surface area contributed by atoms with Gasteiger partial charge in [-0.15, -0.1) is 0 Å². The fourth-order valence-corrected chi connectivity index (χ4v) is 2.80. The van der Waals surface area contributed by atoms with E-state index in [0.717, 1.165) is 0 Å². The molecule has 140 valence electrons. The SMILES string of the molecule is COc1cc(-c2ncn(C)c2-c2ccc(O)c([N+](=O)[O-])c2)cc(OC)c1F. The van der Waals surface area contributed by atoms with Crippen LogP contribution in [0.2, 0.25) is 0 Å². The molecule has 9 heteroatoms. The maximum atomic E-state index is 14.2. The number of nitro groups is 1. The second-order valence-corrected chi connectivity index (χ2v) is 5.71. The average molecular weight is 373 g/mol. The van der Waals surface area contributed by atoms with Crippen molar-refractivity contribution in [2.75, 3.05) is 14.2 Å². The van der Waals surface area contributed by atoms with Gasteiger partial charge in [0.25, 0.3) is 0 Å². The quantitative estimate of drug-likeness (QED) is 0.543. The van der Waals surface area contributed by atoms with E-state index < -0.39 is 22.2 Å². The lowest BCUT2D eigenvalue weighted by atomic mass is 10.0. The van der Waals surface area contributed by atoms with Gasteiger partial charge in [-0.3, -0.25) is 10.1 Å². The number of benzene rings is 2. The topological polar surface area (TPSA) is 99.7 Å². The van der Waals surface area contributed by atoms with Crippen molar-refractivity contribution in [2.45, 2.75) is 0 Å². The summed E-state index contributed by atoms with van der Waals surface area (Å²) in [6, 6.07) is 6.99. The minimum absolute atomic E-state index is 0.0161. The Labute approximate surface area is 153 Å². The van der Waals surface area contributed by atoms with Crippen LogP contribution in [0, 0.1) is 15.9 Å². The molecule has 0 aliphatic carbocycles. The maximum Gasteiger partial charge on any atom is 0.311 e. The van der Waals surface area contributed by atoms with Crippen molar-refractivity contribution in [2.24, 2.45) is 7.05 Å². The number of rotatable bonds is 5. The van der Waals surface area contributed by atoms with Crippen LogP contribution in [0.5, 0.6) is 17.2 Å². The number of phenolic OH excluding ortho intramolecular Hbond substituents is 1. The minimum Gasteiger partial charge on any atom is -0.502 e. The minimum atomic E-state index is -0.668. The van der Waals surface area contributed by atoms with E-state index in [1.165, 1.54) is 44.8 Å². The van der Waals surface area contributed by atoms with Crippen molar-refractivity contribution in [3.8, 4) is 39.8 Å². The van der Waals surface area contributed by atoms with Crippen molar-refractivity contribution in [3.05, 3.63) is 52.6 Å². The van der Waals surface area contributed by atoms with Crippen LogP contribution in [0.3, 0.4) is 0 Å². The molecular formula is C18H16FN3O5. The van der Waals surface area contributed by atoms with Gasteiger partial charge in [-0.2, -0.15) is 4.39 Å². The van der Waals surface area contributed by atoms with Gasteiger partial charge in [-0.25, -0.2) is 4.98 Å². The number of nitro benzene ring substituents is 1. The van der Waals surface area contributed by atoms with Gasteiger partial charge in [0.1, 0.15) is 0 Å². The number of hydrogen-bond donors (Lipinski definition) is 1. The molecule has 1 N–H and O–H groups in total. The number of aryl methyl sites for hydroxylation is 1. The third kappa shape index (κ3) is 3.14. The van der Waals surface area contributed by atoms with Crippen LogP contribution in [0.1, 0.15) is 0 Å². The van der Waals surface area contributed by atoms with Gasteiger partial charge >= 0.3 is 5.69 Å². The molecule has 2 aromatic carbocycles. The lowest BCUT2D eigenvalue weighted by Gasteiger charge is -2.11. The number of aromatic nitrogens is 2. The Hall–Kier alpha value is -3.62. The van der Waals surface area contributed by atoms with Crippen LogP contribution >= 0.6 is 0 Å². The van der Waals surface area contributed by atoms with Crippen LogP contribution in [-0.4, -0.2) is 33.8 Å². The Kier molecular flexibility index (Phi) is 4.68. The second kappa shape index (κ2) is 6.94. The summed E-state index contributed by atoms with van der Waals surface area (Å²) in [6.45, 7) is 0. The molecule has 0 bridgehead atoms. The highest BCUT2D eigenvalue weighted by Gasteiger charge is 2.21. The zero-order valence-electron chi connectivity index (χ0n) is 14.8. The normalized spacial score (nSPS) is 10.7. The van der Waals surface area contributed by atoms with Crippen molar-refractivity contribution in [3.63, 3.8) is 0 Å². The van der Waals surface area contributed by atoms with E-state index in [0.29, 0.717) is 22.5 Å². The summed E-state index contributed by atoms with van der Waals surface area (Å²) < 4.78 is 26.0. The van der Waals surface area contributed by atoms with Crippen LogP contribution in [0.25, 0.3) is 22.5 Å². The number of imidazole rings is 1. The molecule has 1 heterocycles. The van der Waals surface area contributed by atoms with E-state index in [4.69, 9.17) is 9.47 Å². The van der Waals surface area contributed by atoms with E-state index in [-0.39, 0.29) is 11.5 Å².